The number of rotatable bonds is 4. The molecule has 0 spiro atoms. The van der Waals surface area contributed by atoms with Crippen molar-refractivity contribution in [3.63, 3.8) is 0 Å². The van der Waals surface area contributed by atoms with Crippen LogP contribution in [0.5, 0.6) is 0 Å². The lowest BCUT2D eigenvalue weighted by Crippen LogP contribution is -2.15. The molecule has 0 unspecified atom stereocenters. The standard InChI is InChI=1S/C23H19F3N4O/c1-15-14-19(16(2)30(15)21-7-4-3-6-20(21)23(24,25)26)22(31)28-17-8-10-18(11-9-17)29-13-5-12-27-29/h3-14H,1-2H3,(H,28,31). The second-order valence-electron chi connectivity index (χ2n) is 7.09. The first-order valence-electron chi connectivity index (χ1n) is 9.52. The monoisotopic (exact) mass is 424 g/mol. The van der Waals surface area contributed by atoms with Crippen molar-refractivity contribution < 1.29 is 18.0 Å². The maximum atomic E-state index is 13.5. The van der Waals surface area contributed by atoms with E-state index in [1.54, 1.807) is 55.2 Å². The van der Waals surface area contributed by atoms with Crippen LogP contribution in [-0.4, -0.2) is 20.3 Å². The highest BCUT2D eigenvalue weighted by Crippen LogP contribution is 2.35. The molecule has 1 N–H and O–H groups in total. The number of carbonyl (C=O) groups is 1. The number of anilines is 1. The summed E-state index contributed by atoms with van der Waals surface area (Å²) in [5, 5.41) is 6.95. The number of benzene rings is 2. The van der Waals surface area contributed by atoms with Crippen molar-refractivity contribution in [1.82, 2.24) is 14.3 Å². The fourth-order valence-corrected chi connectivity index (χ4v) is 3.59. The van der Waals surface area contributed by atoms with Gasteiger partial charge in [-0.15, -0.1) is 0 Å². The van der Waals surface area contributed by atoms with E-state index in [0.717, 1.165) is 11.8 Å². The van der Waals surface area contributed by atoms with Crippen LogP contribution in [0.15, 0.2) is 73.1 Å². The number of aryl methyl sites for hydroxylation is 1. The Hall–Kier alpha value is -3.81. The van der Waals surface area contributed by atoms with Crippen LogP contribution in [0.3, 0.4) is 0 Å². The molecule has 4 rings (SSSR count). The SMILES string of the molecule is Cc1cc(C(=O)Nc2ccc(-n3cccn3)cc2)c(C)n1-c1ccccc1C(F)(F)F. The number of hydrogen-bond donors (Lipinski definition) is 1. The molecule has 2 aromatic carbocycles. The molecule has 0 radical (unpaired) electrons. The van der Waals surface area contributed by atoms with E-state index in [2.05, 4.69) is 10.4 Å². The molecule has 2 aromatic heterocycles. The van der Waals surface area contributed by atoms with Crippen LogP contribution in [0.25, 0.3) is 11.4 Å². The highest BCUT2D eigenvalue weighted by atomic mass is 19.4. The zero-order valence-electron chi connectivity index (χ0n) is 16.8. The zero-order valence-corrected chi connectivity index (χ0v) is 16.8. The molecule has 0 atom stereocenters. The van der Waals surface area contributed by atoms with Crippen molar-refractivity contribution in [1.29, 1.82) is 0 Å². The molecule has 8 heteroatoms. The van der Waals surface area contributed by atoms with E-state index in [4.69, 9.17) is 0 Å². The number of hydrogen-bond acceptors (Lipinski definition) is 2. The first kappa shape index (κ1) is 20.5. The van der Waals surface area contributed by atoms with Gasteiger partial charge in [0.25, 0.3) is 5.91 Å². The second-order valence-corrected chi connectivity index (χ2v) is 7.09. The summed E-state index contributed by atoms with van der Waals surface area (Å²) in [4.78, 5) is 12.9. The van der Waals surface area contributed by atoms with Crippen LogP contribution in [0.2, 0.25) is 0 Å². The predicted molar refractivity (Wildman–Crippen MR) is 112 cm³/mol. The number of halogens is 3. The molecule has 2 heterocycles. The van der Waals surface area contributed by atoms with E-state index >= 15 is 0 Å². The number of aromatic nitrogens is 3. The molecule has 1 amide bonds. The molecule has 0 saturated heterocycles. The molecule has 4 aromatic rings. The van der Waals surface area contributed by atoms with Gasteiger partial charge in [0.05, 0.1) is 22.5 Å². The topological polar surface area (TPSA) is 51.9 Å². The Morgan fingerprint density at radius 2 is 1.71 bits per heavy atom. The molecular formula is C23H19F3N4O. The Kier molecular flexibility index (Phi) is 5.14. The smallest absolute Gasteiger partial charge is 0.322 e. The number of nitrogens with one attached hydrogen (secondary N) is 1. The van der Waals surface area contributed by atoms with Crippen molar-refractivity contribution in [2.75, 3.05) is 5.32 Å². The lowest BCUT2D eigenvalue weighted by molar-refractivity contribution is -0.137. The molecule has 0 fully saturated rings. The number of alkyl halides is 3. The summed E-state index contributed by atoms with van der Waals surface area (Å²) in [7, 11) is 0. The van der Waals surface area contributed by atoms with Crippen LogP contribution in [0.1, 0.15) is 27.3 Å². The second kappa shape index (κ2) is 7.79. The summed E-state index contributed by atoms with van der Waals surface area (Å²) in [6.07, 6.45) is -1.03. The van der Waals surface area contributed by atoms with Gasteiger partial charge in [-0.25, -0.2) is 4.68 Å². The molecule has 0 aliphatic carbocycles. The summed E-state index contributed by atoms with van der Waals surface area (Å²) in [6.45, 7) is 3.31. The molecule has 0 aliphatic rings. The lowest BCUT2D eigenvalue weighted by Gasteiger charge is -2.16. The van der Waals surface area contributed by atoms with Crippen molar-refractivity contribution in [3.8, 4) is 11.4 Å². The highest BCUT2D eigenvalue weighted by Gasteiger charge is 2.34. The van der Waals surface area contributed by atoms with E-state index in [9.17, 15) is 18.0 Å². The fraction of sp³-hybridized carbons (Fsp3) is 0.130. The number of amides is 1. The minimum absolute atomic E-state index is 0.00683. The van der Waals surface area contributed by atoms with Gasteiger partial charge in [-0.2, -0.15) is 18.3 Å². The highest BCUT2D eigenvalue weighted by molar-refractivity contribution is 6.05. The molecule has 158 valence electrons. The average molecular weight is 424 g/mol. The summed E-state index contributed by atoms with van der Waals surface area (Å²) >= 11 is 0. The molecular weight excluding hydrogens is 405 g/mol. The normalized spacial score (nSPS) is 11.5. The van der Waals surface area contributed by atoms with Crippen LogP contribution in [0, 0.1) is 13.8 Å². The average Bonchev–Trinajstić information content (AvgIpc) is 3.36. The minimum atomic E-state index is -4.50. The molecule has 31 heavy (non-hydrogen) atoms. The van der Waals surface area contributed by atoms with E-state index in [-0.39, 0.29) is 5.69 Å². The van der Waals surface area contributed by atoms with Crippen molar-refractivity contribution in [2.24, 2.45) is 0 Å². The van der Waals surface area contributed by atoms with Gasteiger partial charge in [0, 0.05) is 29.5 Å². The third kappa shape index (κ3) is 3.96. The summed E-state index contributed by atoms with van der Waals surface area (Å²) < 4.78 is 43.6. The van der Waals surface area contributed by atoms with E-state index in [1.807, 2.05) is 18.2 Å². The van der Waals surface area contributed by atoms with Gasteiger partial charge in [0.1, 0.15) is 0 Å². The quantitative estimate of drug-likeness (QED) is 0.467. The Labute approximate surface area is 176 Å². The number of carbonyl (C=O) groups excluding carboxylic acids is 1. The molecule has 0 aliphatic heterocycles. The summed E-state index contributed by atoms with van der Waals surface area (Å²) in [6, 6.07) is 15.8. The first-order chi connectivity index (χ1) is 14.8. The van der Waals surface area contributed by atoms with Gasteiger partial charge in [-0.1, -0.05) is 12.1 Å². The number of para-hydroxylation sites is 1. The van der Waals surface area contributed by atoms with Gasteiger partial charge in [0.15, 0.2) is 0 Å². The number of nitrogens with zero attached hydrogens (tertiary/aromatic N) is 3. The first-order valence-corrected chi connectivity index (χ1v) is 9.52. The maximum Gasteiger partial charge on any atom is 0.418 e. The van der Waals surface area contributed by atoms with Crippen molar-refractivity contribution in [2.45, 2.75) is 20.0 Å². The Morgan fingerprint density at radius 1 is 1.00 bits per heavy atom. The summed E-state index contributed by atoms with van der Waals surface area (Å²) in [5.74, 6) is -0.393. The van der Waals surface area contributed by atoms with E-state index in [0.29, 0.717) is 22.6 Å². The van der Waals surface area contributed by atoms with Crippen LogP contribution in [-0.2, 0) is 6.18 Å². The lowest BCUT2D eigenvalue weighted by atomic mass is 10.1. The Morgan fingerprint density at radius 3 is 2.35 bits per heavy atom. The van der Waals surface area contributed by atoms with Gasteiger partial charge in [0.2, 0.25) is 0 Å². The van der Waals surface area contributed by atoms with Gasteiger partial charge < -0.3 is 9.88 Å². The van der Waals surface area contributed by atoms with Gasteiger partial charge in [-0.05, 0) is 62.4 Å². The minimum Gasteiger partial charge on any atom is -0.322 e. The molecule has 0 bridgehead atoms. The van der Waals surface area contributed by atoms with E-state index in [1.165, 1.54) is 16.7 Å². The molecule has 0 saturated carbocycles. The van der Waals surface area contributed by atoms with Crippen LogP contribution >= 0.6 is 0 Å². The maximum absolute atomic E-state index is 13.5. The van der Waals surface area contributed by atoms with Gasteiger partial charge in [-0.3, -0.25) is 4.79 Å². The largest absolute Gasteiger partial charge is 0.418 e. The Balaban J connectivity index is 1.63. The van der Waals surface area contributed by atoms with Crippen LogP contribution in [0.4, 0.5) is 18.9 Å². The van der Waals surface area contributed by atoms with E-state index < -0.39 is 17.6 Å². The third-order valence-electron chi connectivity index (χ3n) is 5.02. The Bertz CT molecular complexity index is 1220. The van der Waals surface area contributed by atoms with Crippen LogP contribution < -0.4 is 5.32 Å². The third-order valence-corrected chi connectivity index (χ3v) is 5.02. The fourth-order valence-electron chi connectivity index (χ4n) is 3.59. The van der Waals surface area contributed by atoms with Crippen molar-refractivity contribution >= 4 is 11.6 Å². The van der Waals surface area contributed by atoms with Crippen molar-refractivity contribution in [3.05, 3.63) is 95.6 Å². The zero-order chi connectivity index (χ0) is 22.2. The summed E-state index contributed by atoms with van der Waals surface area (Å²) in [5.41, 5.74) is 1.93. The molecule has 5 nitrogen and oxygen atoms in total. The van der Waals surface area contributed by atoms with Gasteiger partial charge >= 0.3 is 6.18 Å². The predicted octanol–water partition coefficient (Wildman–Crippen LogP) is 5.55.